The largest absolute Gasteiger partial charge is 0.317 e. The van der Waals surface area contributed by atoms with E-state index in [9.17, 15) is 8.78 Å². The molecule has 0 amide bonds. The van der Waals surface area contributed by atoms with E-state index in [1.165, 1.54) is 18.2 Å². The van der Waals surface area contributed by atoms with Crippen molar-refractivity contribution in [1.29, 1.82) is 0 Å². The van der Waals surface area contributed by atoms with Crippen molar-refractivity contribution in [1.82, 2.24) is 5.32 Å². The standard InChI is InChI=1S/C17H25F2N/c1-4-20-11-12-8-9-17(2,3)10-13(12)16-14(18)6-5-7-15(16)19/h5-7,12-13,20H,4,8-11H2,1-3H3. The van der Waals surface area contributed by atoms with E-state index in [4.69, 9.17) is 0 Å². The molecule has 0 aromatic heterocycles. The molecule has 1 aliphatic rings. The maximum absolute atomic E-state index is 14.1. The van der Waals surface area contributed by atoms with Crippen molar-refractivity contribution in [2.24, 2.45) is 11.3 Å². The van der Waals surface area contributed by atoms with E-state index < -0.39 is 11.6 Å². The van der Waals surface area contributed by atoms with Crippen LogP contribution in [-0.2, 0) is 0 Å². The third-order valence-corrected chi connectivity index (χ3v) is 4.56. The molecule has 0 aliphatic heterocycles. The number of hydrogen-bond acceptors (Lipinski definition) is 1. The lowest BCUT2D eigenvalue weighted by molar-refractivity contribution is 0.155. The van der Waals surface area contributed by atoms with E-state index >= 15 is 0 Å². The summed E-state index contributed by atoms with van der Waals surface area (Å²) in [6.07, 6.45) is 3.00. The van der Waals surface area contributed by atoms with E-state index in [1.807, 2.05) is 0 Å². The third kappa shape index (κ3) is 3.38. The molecule has 1 nitrogen and oxygen atoms in total. The van der Waals surface area contributed by atoms with Crippen LogP contribution >= 0.6 is 0 Å². The summed E-state index contributed by atoms with van der Waals surface area (Å²) in [6.45, 7) is 8.19. The maximum atomic E-state index is 14.1. The number of halogens is 2. The van der Waals surface area contributed by atoms with E-state index in [0.29, 0.717) is 11.5 Å². The van der Waals surface area contributed by atoms with Gasteiger partial charge in [-0.1, -0.05) is 26.8 Å². The molecule has 0 saturated heterocycles. The molecule has 1 N–H and O–H groups in total. The zero-order valence-electron chi connectivity index (χ0n) is 12.7. The Labute approximate surface area is 120 Å². The van der Waals surface area contributed by atoms with Crippen LogP contribution in [0.2, 0.25) is 0 Å². The number of hydrogen-bond donors (Lipinski definition) is 1. The quantitative estimate of drug-likeness (QED) is 0.857. The fourth-order valence-electron chi connectivity index (χ4n) is 3.42. The molecule has 3 heteroatoms. The second-order valence-electron chi connectivity index (χ2n) is 6.72. The van der Waals surface area contributed by atoms with Crippen LogP contribution in [-0.4, -0.2) is 13.1 Å². The molecule has 0 heterocycles. The Bertz CT molecular complexity index is 436. The first kappa shape index (κ1) is 15.4. The molecule has 1 saturated carbocycles. The molecule has 2 atom stereocenters. The van der Waals surface area contributed by atoms with Crippen molar-refractivity contribution < 1.29 is 8.78 Å². The summed E-state index contributed by atoms with van der Waals surface area (Å²) < 4.78 is 28.2. The lowest BCUT2D eigenvalue weighted by Gasteiger charge is -2.41. The minimum absolute atomic E-state index is 0.0287. The van der Waals surface area contributed by atoms with Gasteiger partial charge in [0.15, 0.2) is 0 Å². The van der Waals surface area contributed by atoms with Crippen molar-refractivity contribution in [3.63, 3.8) is 0 Å². The minimum Gasteiger partial charge on any atom is -0.317 e. The van der Waals surface area contributed by atoms with Crippen molar-refractivity contribution in [3.8, 4) is 0 Å². The molecular formula is C17H25F2N. The van der Waals surface area contributed by atoms with Crippen molar-refractivity contribution in [3.05, 3.63) is 35.4 Å². The van der Waals surface area contributed by atoms with E-state index in [0.717, 1.165) is 32.4 Å². The first-order chi connectivity index (χ1) is 9.44. The summed E-state index contributed by atoms with van der Waals surface area (Å²) in [7, 11) is 0. The van der Waals surface area contributed by atoms with Crippen LogP contribution in [0.5, 0.6) is 0 Å². The smallest absolute Gasteiger partial charge is 0.129 e. The van der Waals surface area contributed by atoms with Crippen LogP contribution in [0.15, 0.2) is 18.2 Å². The molecule has 0 bridgehead atoms. The predicted octanol–water partition coefficient (Wildman–Crippen LogP) is 4.48. The molecule has 2 rings (SSSR count). The Kier molecular flexibility index (Phi) is 4.79. The van der Waals surface area contributed by atoms with Gasteiger partial charge < -0.3 is 5.32 Å². The van der Waals surface area contributed by atoms with Crippen molar-refractivity contribution in [2.45, 2.75) is 46.0 Å². The first-order valence-corrected chi connectivity index (χ1v) is 7.59. The van der Waals surface area contributed by atoms with Gasteiger partial charge in [-0.05, 0) is 61.7 Å². The predicted molar refractivity (Wildman–Crippen MR) is 78.8 cm³/mol. The molecule has 0 radical (unpaired) electrons. The molecule has 112 valence electrons. The lowest BCUT2D eigenvalue weighted by Crippen LogP contribution is -2.35. The molecule has 1 aromatic rings. The van der Waals surface area contributed by atoms with E-state index in [1.54, 1.807) is 0 Å². The Hall–Kier alpha value is -0.960. The summed E-state index contributed by atoms with van der Waals surface area (Å²) >= 11 is 0. The van der Waals surface area contributed by atoms with Gasteiger partial charge in [0.2, 0.25) is 0 Å². The van der Waals surface area contributed by atoms with Crippen molar-refractivity contribution >= 4 is 0 Å². The first-order valence-electron chi connectivity index (χ1n) is 7.59. The summed E-state index contributed by atoms with van der Waals surface area (Å²) in [6, 6.07) is 4.20. The highest BCUT2D eigenvalue weighted by atomic mass is 19.1. The lowest BCUT2D eigenvalue weighted by atomic mass is 9.65. The fourth-order valence-corrected chi connectivity index (χ4v) is 3.42. The van der Waals surface area contributed by atoms with Gasteiger partial charge >= 0.3 is 0 Å². The highest BCUT2D eigenvalue weighted by Gasteiger charge is 2.37. The average Bonchev–Trinajstić information content (AvgIpc) is 2.37. The third-order valence-electron chi connectivity index (χ3n) is 4.56. The fraction of sp³-hybridized carbons (Fsp3) is 0.647. The topological polar surface area (TPSA) is 12.0 Å². The summed E-state index contributed by atoms with van der Waals surface area (Å²) in [4.78, 5) is 0. The Balaban J connectivity index is 2.31. The van der Waals surface area contributed by atoms with Gasteiger partial charge in [0.05, 0.1) is 0 Å². The highest BCUT2D eigenvalue weighted by molar-refractivity contribution is 5.25. The molecule has 0 spiro atoms. The SMILES string of the molecule is CCNCC1CCC(C)(C)CC1c1c(F)cccc1F. The molecule has 2 unspecified atom stereocenters. The number of benzene rings is 1. The van der Waals surface area contributed by atoms with Gasteiger partial charge in [-0.15, -0.1) is 0 Å². The van der Waals surface area contributed by atoms with Gasteiger partial charge in [-0.2, -0.15) is 0 Å². The molecule has 1 aromatic carbocycles. The molecule has 20 heavy (non-hydrogen) atoms. The van der Waals surface area contributed by atoms with Gasteiger partial charge in [-0.25, -0.2) is 8.78 Å². The van der Waals surface area contributed by atoms with Gasteiger partial charge in [0.25, 0.3) is 0 Å². The van der Waals surface area contributed by atoms with Crippen LogP contribution in [0.25, 0.3) is 0 Å². The van der Waals surface area contributed by atoms with Crippen LogP contribution in [0.1, 0.15) is 51.5 Å². The highest BCUT2D eigenvalue weighted by Crippen LogP contribution is 2.47. The molecular weight excluding hydrogens is 256 g/mol. The second kappa shape index (κ2) is 6.21. The number of rotatable bonds is 4. The Morgan fingerprint density at radius 1 is 1.25 bits per heavy atom. The van der Waals surface area contributed by atoms with Crippen LogP contribution in [0.3, 0.4) is 0 Å². The van der Waals surface area contributed by atoms with E-state index in [-0.39, 0.29) is 11.3 Å². The maximum Gasteiger partial charge on any atom is 0.129 e. The molecule has 1 aliphatic carbocycles. The van der Waals surface area contributed by atoms with Gasteiger partial charge in [0.1, 0.15) is 11.6 Å². The minimum atomic E-state index is -0.394. The van der Waals surface area contributed by atoms with Crippen molar-refractivity contribution in [2.75, 3.05) is 13.1 Å². The Morgan fingerprint density at radius 3 is 2.50 bits per heavy atom. The zero-order valence-corrected chi connectivity index (χ0v) is 12.7. The second-order valence-corrected chi connectivity index (χ2v) is 6.72. The summed E-state index contributed by atoms with van der Waals surface area (Å²) in [5, 5.41) is 3.34. The van der Waals surface area contributed by atoms with E-state index in [2.05, 4.69) is 26.1 Å². The average molecular weight is 281 g/mol. The van der Waals surface area contributed by atoms with Gasteiger partial charge in [-0.3, -0.25) is 0 Å². The van der Waals surface area contributed by atoms with Crippen LogP contribution in [0.4, 0.5) is 8.78 Å². The summed E-state index contributed by atoms with van der Waals surface area (Å²) in [5.41, 5.74) is 0.449. The zero-order chi connectivity index (χ0) is 14.8. The normalized spacial score (nSPS) is 25.6. The summed E-state index contributed by atoms with van der Waals surface area (Å²) in [5.74, 6) is -0.503. The van der Waals surface area contributed by atoms with Crippen LogP contribution in [0, 0.1) is 23.0 Å². The van der Waals surface area contributed by atoms with Crippen LogP contribution < -0.4 is 5.32 Å². The number of nitrogens with one attached hydrogen (secondary N) is 1. The van der Waals surface area contributed by atoms with Gasteiger partial charge in [0, 0.05) is 5.56 Å². The monoisotopic (exact) mass is 281 g/mol. The Morgan fingerprint density at radius 2 is 1.90 bits per heavy atom. The molecule has 1 fully saturated rings.